The number of halogens is 1. The van der Waals surface area contributed by atoms with Crippen LogP contribution in [0.5, 0.6) is 5.75 Å². The molecule has 80 valence electrons. The fourth-order valence-corrected chi connectivity index (χ4v) is 0.930. The number of aryl methyl sites for hydroxylation is 1. The summed E-state index contributed by atoms with van der Waals surface area (Å²) in [4.78, 5) is 10.9. The summed E-state index contributed by atoms with van der Waals surface area (Å²) in [5, 5.41) is 2.94. The molecule has 0 atom stereocenters. The lowest BCUT2D eigenvalue weighted by molar-refractivity contribution is 0.312. The van der Waals surface area contributed by atoms with Gasteiger partial charge in [0.25, 0.3) is 0 Å². The first-order valence-electron chi connectivity index (χ1n) is 4.11. The summed E-state index contributed by atoms with van der Waals surface area (Å²) in [6.07, 6.45) is 0. The van der Waals surface area contributed by atoms with Crippen molar-refractivity contribution in [2.45, 2.75) is 6.92 Å². The SMILES string of the molecule is CNCCOc1cc(C)oc(=O)c1.Cl. The minimum Gasteiger partial charge on any atom is -0.492 e. The molecule has 1 aromatic rings. The van der Waals surface area contributed by atoms with Crippen LogP contribution in [0, 0.1) is 6.92 Å². The van der Waals surface area contributed by atoms with Gasteiger partial charge in [0.2, 0.25) is 0 Å². The predicted molar refractivity (Wildman–Crippen MR) is 56.4 cm³/mol. The van der Waals surface area contributed by atoms with Gasteiger partial charge in [-0.05, 0) is 14.0 Å². The normalized spacial score (nSPS) is 9.29. The molecule has 0 saturated heterocycles. The van der Waals surface area contributed by atoms with Gasteiger partial charge in [0.1, 0.15) is 18.1 Å². The average molecular weight is 220 g/mol. The van der Waals surface area contributed by atoms with E-state index in [4.69, 9.17) is 9.15 Å². The summed E-state index contributed by atoms with van der Waals surface area (Å²) in [5.41, 5.74) is -0.376. The molecule has 0 aliphatic carbocycles. The van der Waals surface area contributed by atoms with Crippen LogP contribution in [0.4, 0.5) is 0 Å². The number of nitrogens with one attached hydrogen (secondary N) is 1. The molecule has 0 bridgehead atoms. The van der Waals surface area contributed by atoms with Gasteiger partial charge in [0.15, 0.2) is 0 Å². The fourth-order valence-electron chi connectivity index (χ4n) is 0.930. The molecule has 0 aliphatic heterocycles. The zero-order chi connectivity index (χ0) is 9.68. The van der Waals surface area contributed by atoms with Crippen LogP contribution in [0.15, 0.2) is 21.3 Å². The maximum Gasteiger partial charge on any atom is 0.339 e. The molecular formula is C9H14ClNO3. The lowest BCUT2D eigenvalue weighted by Gasteiger charge is -2.04. The van der Waals surface area contributed by atoms with Gasteiger partial charge in [-0.3, -0.25) is 0 Å². The second kappa shape index (κ2) is 6.45. The van der Waals surface area contributed by atoms with E-state index in [1.54, 1.807) is 13.0 Å². The molecule has 1 N–H and O–H groups in total. The minimum atomic E-state index is -0.376. The van der Waals surface area contributed by atoms with Crippen molar-refractivity contribution in [3.05, 3.63) is 28.3 Å². The molecule has 5 heteroatoms. The van der Waals surface area contributed by atoms with Crippen molar-refractivity contribution in [1.29, 1.82) is 0 Å². The summed E-state index contributed by atoms with van der Waals surface area (Å²) in [7, 11) is 1.84. The highest BCUT2D eigenvalue weighted by Crippen LogP contribution is 2.08. The Morgan fingerprint density at radius 1 is 1.50 bits per heavy atom. The molecular weight excluding hydrogens is 206 g/mol. The van der Waals surface area contributed by atoms with Crippen LogP contribution in [-0.2, 0) is 0 Å². The number of rotatable bonds is 4. The molecule has 14 heavy (non-hydrogen) atoms. The molecule has 1 aromatic heterocycles. The van der Waals surface area contributed by atoms with Crippen LogP contribution in [0.1, 0.15) is 5.76 Å². The Bertz CT molecular complexity index is 324. The minimum absolute atomic E-state index is 0. The Morgan fingerprint density at radius 3 is 2.79 bits per heavy atom. The first-order valence-corrected chi connectivity index (χ1v) is 4.11. The van der Waals surface area contributed by atoms with Gasteiger partial charge in [-0.2, -0.15) is 0 Å². The molecule has 4 nitrogen and oxygen atoms in total. The highest BCUT2D eigenvalue weighted by Gasteiger charge is 1.97. The van der Waals surface area contributed by atoms with E-state index in [1.165, 1.54) is 6.07 Å². The van der Waals surface area contributed by atoms with Crippen LogP contribution in [0.2, 0.25) is 0 Å². The van der Waals surface area contributed by atoms with Crippen molar-refractivity contribution in [2.75, 3.05) is 20.2 Å². The predicted octanol–water partition coefficient (Wildman–Crippen LogP) is 0.968. The van der Waals surface area contributed by atoms with Crippen molar-refractivity contribution >= 4 is 12.4 Å². The Labute approximate surface area is 88.7 Å². The molecule has 0 aromatic carbocycles. The van der Waals surface area contributed by atoms with Gasteiger partial charge in [0, 0.05) is 12.6 Å². The van der Waals surface area contributed by atoms with Gasteiger partial charge < -0.3 is 14.5 Å². The highest BCUT2D eigenvalue weighted by atomic mass is 35.5. The van der Waals surface area contributed by atoms with Crippen LogP contribution in [0.25, 0.3) is 0 Å². The van der Waals surface area contributed by atoms with Crippen molar-refractivity contribution in [1.82, 2.24) is 5.32 Å². The quantitative estimate of drug-likeness (QED) is 0.767. The van der Waals surface area contributed by atoms with Crippen LogP contribution < -0.4 is 15.7 Å². The molecule has 1 rings (SSSR count). The van der Waals surface area contributed by atoms with Gasteiger partial charge in [-0.15, -0.1) is 12.4 Å². The molecule has 0 spiro atoms. The van der Waals surface area contributed by atoms with Crippen molar-refractivity contribution in [3.63, 3.8) is 0 Å². The second-order valence-electron chi connectivity index (χ2n) is 2.67. The maximum absolute atomic E-state index is 10.9. The standard InChI is InChI=1S/C9H13NO3.ClH/c1-7-5-8(6-9(11)13-7)12-4-3-10-2;/h5-6,10H,3-4H2,1-2H3;1H. The molecule has 0 aliphatic rings. The first kappa shape index (κ1) is 13.0. The van der Waals surface area contributed by atoms with E-state index in [0.717, 1.165) is 6.54 Å². The van der Waals surface area contributed by atoms with Crippen molar-refractivity contribution < 1.29 is 9.15 Å². The average Bonchev–Trinajstić information content (AvgIpc) is 2.03. The maximum atomic E-state index is 10.9. The van der Waals surface area contributed by atoms with E-state index >= 15 is 0 Å². The van der Waals surface area contributed by atoms with E-state index in [0.29, 0.717) is 18.1 Å². The number of likely N-dealkylation sites (N-methyl/N-ethyl adjacent to an activating group) is 1. The van der Waals surface area contributed by atoms with E-state index in [-0.39, 0.29) is 18.0 Å². The second-order valence-corrected chi connectivity index (χ2v) is 2.67. The smallest absolute Gasteiger partial charge is 0.339 e. The molecule has 1 heterocycles. The lowest BCUT2D eigenvalue weighted by atomic mass is 10.4. The van der Waals surface area contributed by atoms with Crippen molar-refractivity contribution in [2.24, 2.45) is 0 Å². The van der Waals surface area contributed by atoms with E-state index < -0.39 is 0 Å². The van der Waals surface area contributed by atoms with E-state index in [9.17, 15) is 4.79 Å². The lowest BCUT2D eigenvalue weighted by Crippen LogP contribution is -2.16. The Kier molecular flexibility index (Phi) is 5.99. The van der Waals surface area contributed by atoms with Crippen LogP contribution >= 0.6 is 12.4 Å². The zero-order valence-corrected chi connectivity index (χ0v) is 9.02. The zero-order valence-electron chi connectivity index (χ0n) is 8.20. The van der Waals surface area contributed by atoms with E-state index in [1.807, 2.05) is 7.05 Å². The Balaban J connectivity index is 0.00000169. The monoisotopic (exact) mass is 219 g/mol. The van der Waals surface area contributed by atoms with E-state index in [2.05, 4.69) is 5.32 Å². The van der Waals surface area contributed by atoms with Gasteiger partial charge in [-0.1, -0.05) is 0 Å². The molecule has 0 unspecified atom stereocenters. The Morgan fingerprint density at radius 2 is 2.21 bits per heavy atom. The summed E-state index contributed by atoms with van der Waals surface area (Å²) in [5.74, 6) is 1.12. The van der Waals surface area contributed by atoms with Gasteiger partial charge in [-0.25, -0.2) is 4.79 Å². The largest absolute Gasteiger partial charge is 0.492 e. The van der Waals surface area contributed by atoms with Gasteiger partial charge >= 0.3 is 5.63 Å². The van der Waals surface area contributed by atoms with Crippen LogP contribution in [-0.4, -0.2) is 20.2 Å². The Hall–Kier alpha value is -1.00. The summed E-state index contributed by atoms with van der Waals surface area (Å²) in [6.45, 7) is 3.00. The number of hydrogen-bond donors (Lipinski definition) is 1. The summed E-state index contributed by atoms with van der Waals surface area (Å²) in [6, 6.07) is 3.03. The molecule has 0 fully saturated rings. The third-order valence-electron chi connectivity index (χ3n) is 1.49. The third kappa shape index (κ3) is 4.30. The first-order chi connectivity index (χ1) is 6.22. The topological polar surface area (TPSA) is 51.5 Å². The molecule has 0 saturated carbocycles. The molecule has 0 radical (unpaired) electrons. The number of hydrogen-bond acceptors (Lipinski definition) is 4. The molecule has 0 amide bonds. The third-order valence-corrected chi connectivity index (χ3v) is 1.49. The van der Waals surface area contributed by atoms with Crippen LogP contribution in [0.3, 0.4) is 0 Å². The summed E-state index contributed by atoms with van der Waals surface area (Å²) >= 11 is 0. The van der Waals surface area contributed by atoms with Crippen molar-refractivity contribution in [3.8, 4) is 5.75 Å². The number of ether oxygens (including phenoxy) is 1. The summed E-state index contributed by atoms with van der Waals surface area (Å²) < 4.78 is 10.1. The van der Waals surface area contributed by atoms with Gasteiger partial charge in [0.05, 0.1) is 6.07 Å². The fraction of sp³-hybridized carbons (Fsp3) is 0.444. The highest BCUT2D eigenvalue weighted by molar-refractivity contribution is 5.85.